The predicted octanol–water partition coefficient (Wildman–Crippen LogP) is 3.46. The molecule has 1 atom stereocenters. The van der Waals surface area contributed by atoms with E-state index in [2.05, 4.69) is 15.9 Å². The van der Waals surface area contributed by atoms with Crippen molar-refractivity contribution in [3.05, 3.63) is 58.1 Å². The first-order chi connectivity index (χ1) is 10.0. The quantitative estimate of drug-likeness (QED) is 0.877. The second-order valence-corrected chi connectivity index (χ2v) is 6.58. The zero-order valence-electron chi connectivity index (χ0n) is 11.2. The summed E-state index contributed by atoms with van der Waals surface area (Å²) >= 11 is 3.42. The molecule has 1 unspecified atom stereocenters. The maximum absolute atomic E-state index is 12.3. The number of ether oxygens (including phenoxy) is 1. The van der Waals surface area contributed by atoms with Crippen LogP contribution in [0, 0.1) is 0 Å². The average Bonchev–Trinajstić information content (AvgIpc) is 2.49. The van der Waals surface area contributed by atoms with Gasteiger partial charge in [0.25, 0.3) is 0 Å². The lowest BCUT2D eigenvalue weighted by Gasteiger charge is -2.08. The van der Waals surface area contributed by atoms with Gasteiger partial charge in [0.2, 0.25) is 0 Å². The van der Waals surface area contributed by atoms with Crippen LogP contribution in [0.25, 0.3) is 0 Å². The van der Waals surface area contributed by atoms with E-state index in [9.17, 15) is 9.00 Å². The minimum Gasteiger partial charge on any atom is -0.497 e. The fraction of sp³-hybridized carbons (Fsp3) is 0.133. The van der Waals surface area contributed by atoms with Gasteiger partial charge >= 0.3 is 5.97 Å². The Bertz CT molecular complexity index is 683. The predicted molar refractivity (Wildman–Crippen MR) is 84.2 cm³/mol. The monoisotopic (exact) mass is 368 g/mol. The van der Waals surface area contributed by atoms with E-state index in [1.54, 1.807) is 19.2 Å². The molecule has 2 rings (SSSR count). The number of carboxylic acids is 1. The van der Waals surface area contributed by atoms with Crippen molar-refractivity contribution >= 4 is 32.7 Å². The van der Waals surface area contributed by atoms with Gasteiger partial charge in [-0.15, -0.1) is 0 Å². The highest BCUT2D eigenvalue weighted by Gasteiger charge is 2.10. The van der Waals surface area contributed by atoms with Gasteiger partial charge in [-0.3, -0.25) is 4.21 Å². The highest BCUT2D eigenvalue weighted by Crippen LogP contribution is 2.25. The molecule has 6 heteroatoms. The zero-order valence-corrected chi connectivity index (χ0v) is 13.6. The third kappa shape index (κ3) is 3.92. The number of rotatable bonds is 5. The molecule has 0 aliphatic carbocycles. The van der Waals surface area contributed by atoms with Crippen molar-refractivity contribution in [1.82, 2.24) is 0 Å². The van der Waals surface area contributed by atoms with Crippen LogP contribution in [0.3, 0.4) is 0 Å². The Hall–Kier alpha value is -1.66. The van der Waals surface area contributed by atoms with Crippen molar-refractivity contribution in [3.8, 4) is 5.75 Å². The Balaban J connectivity index is 2.19. The van der Waals surface area contributed by atoms with Crippen LogP contribution < -0.4 is 4.74 Å². The molecule has 0 bridgehead atoms. The molecule has 2 aromatic rings. The largest absolute Gasteiger partial charge is 0.497 e. The summed E-state index contributed by atoms with van der Waals surface area (Å²) in [6.45, 7) is 0. The molecule has 0 fully saturated rings. The van der Waals surface area contributed by atoms with Crippen molar-refractivity contribution in [1.29, 1.82) is 0 Å². The third-order valence-corrected chi connectivity index (χ3v) is 5.05. The summed E-state index contributed by atoms with van der Waals surface area (Å²) in [7, 11) is 0.323. The minimum atomic E-state index is -1.25. The Morgan fingerprint density at radius 1 is 1.24 bits per heavy atom. The summed E-state index contributed by atoms with van der Waals surface area (Å²) < 4.78 is 18.4. The molecule has 0 aliphatic heterocycles. The van der Waals surface area contributed by atoms with E-state index < -0.39 is 16.8 Å². The number of hydrogen-bond acceptors (Lipinski definition) is 3. The van der Waals surface area contributed by atoms with Crippen LogP contribution in [0.5, 0.6) is 5.75 Å². The Morgan fingerprint density at radius 3 is 2.48 bits per heavy atom. The fourth-order valence-electron chi connectivity index (χ4n) is 1.76. The normalized spacial score (nSPS) is 11.9. The molecule has 0 heterocycles. The molecule has 0 spiro atoms. The lowest BCUT2D eigenvalue weighted by molar-refractivity contribution is 0.0697. The van der Waals surface area contributed by atoms with Crippen molar-refractivity contribution < 1.29 is 18.8 Å². The summed E-state index contributed by atoms with van der Waals surface area (Å²) in [4.78, 5) is 11.4. The summed E-state index contributed by atoms with van der Waals surface area (Å²) in [6, 6.07) is 11.6. The molecule has 0 saturated carbocycles. The summed E-state index contributed by atoms with van der Waals surface area (Å²) in [5.74, 6) is 0.0267. The van der Waals surface area contributed by atoms with Crippen molar-refractivity contribution in [3.63, 3.8) is 0 Å². The molecule has 0 aromatic heterocycles. The van der Waals surface area contributed by atoms with Crippen LogP contribution >= 0.6 is 15.9 Å². The first-order valence-corrected chi connectivity index (χ1v) is 8.16. The van der Waals surface area contributed by atoms with E-state index in [1.807, 2.05) is 18.2 Å². The number of carbonyl (C=O) groups is 1. The standard InChI is InChI=1S/C15H13BrO4S/c1-20-12-4-7-14(16)11(8-12)9-21(19)13-5-2-10(3-6-13)15(17)18/h2-8H,9H2,1H3,(H,17,18). The van der Waals surface area contributed by atoms with Gasteiger partial charge in [0.1, 0.15) is 5.75 Å². The van der Waals surface area contributed by atoms with E-state index in [0.717, 1.165) is 10.0 Å². The van der Waals surface area contributed by atoms with E-state index >= 15 is 0 Å². The lowest BCUT2D eigenvalue weighted by atomic mass is 10.2. The fourth-order valence-corrected chi connectivity index (χ4v) is 3.46. The Kier molecular flexibility index (Phi) is 5.14. The number of hydrogen-bond donors (Lipinski definition) is 1. The van der Waals surface area contributed by atoms with Gasteiger partial charge in [0, 0.05) is 9.37 Å². The van der Waals surface area contributed by atoms with Gasteiger partial charge in [0.15, 0.2) is 0 Å². The molecular weight excluding hydrogens is 356 g/mol. The highest BCUT2D eigenvalue weighted by atomic mass is 79.9. The van der Waals surface area contributed by atoms with Gasteiger partial charge in [0.05, 0.1) is 29.2 Å². The highest BCUT2D eigenvalue weighted by molar-refractivity contribution is 9.10. The van der Waals surface area contributed by atoms with Gasteiger partial charge in [-0.1, -0.05) is 15.9 Å². The van der Waals surface area contributed by atoms with Crippen LogP contribution in [0.2, 0.25) is 0 Å². The second kappa shape index (κ2) is 6.87. The molecule has 21 heavy (non-hydrogen) atoms. The Labute approximate surface area is 133 Å². The van der Waals surface area contributed by atoms with E-state index in [1.165, 1.54) is 12.1 Å². The maximum Gasteiger partial charge on any atom is 0.335 e. The summed E-state index contributed by atoms with van der Waals surface area (Å²) in [5.41, 5.74) is 1.05. The van der Waals surface area contributed by atoms with Gasteiger partial charge < -0.3 is 9.84 Å². The van der Waals surface area contributed by atoms with E-state index in [-0.39, 0.29) is 5.56 Å². The van der Waals surface area contributed by atoms with Crippen molar-refractivity contribution in [2.24, 2.45) is 0 Å². The molecular formula is C15H13BrO4S. The number of aromatic carboxylic acids is 1. The third-order valence-electron chi connectivity index (χ3n) is 2.90. The van der Waals surface area contributed by atoms with Crippen LogP contribution in [0.1, 0.15) is 15.9 Å². The second-order valence-electron chi connectivity index (χ2n) is 4.28. The average molecular weight is 369 g/mol. The molecule has 4 nitrogen and oxygen atoms in total. The van der Waals surface area contributed by atoms with Crippen molar-refractivity contribution in [2.45, 2.75) is 10.6 Å². The maximum atomic E-state index is 12.3. The first-order valence-electron chi connectivity index (χ1n) is 6.05. The van der Waals surface area contributed by atoms with Crippen LogP contribution in [-0.2, 0) is 16.6 Å². The van der Waals surface area contributed by atoms with Gasteiger partial charge in [-0.05, 0) is 48.0 Å². The number of benzene rings is 2. The van der Waals surface area contributed by atoms with E-state index in [4.69, 9.17) is 9.84 Å². The molecule has 0 saturated heterocycles. The molecule has 0 aliphatic rings. The number of methoxy groups -OCH3 is 1. The van der Waals surface area contributed by atoms with Gasteiger partial charge in [-0.2, -0.15) is 0 Å². The molecule has 0 amide bonds. The molecule has 2 aromatic carbocycles. The number of carboxylic acid groups (broad SMARTS) is 1. The van der Waals surface area contributed by atoms with Crippen LogP contribution in [0.15, 0.2) is 51.8 Å². The molecule has 110 valence electrons. The van der Waals surface area contributed by atoms with Crippen LogP contribution in [0.4, 0.5) is 0 Å². The first kappa shape index (κ1) is 15.7. The Morgan fingerprint density at radius 2 is 1.90 bits per heavy atom. The minimum absolute atomic E-state index is 0.179. The lowest BCUT2D eigenvalue weighted by Crippen LogP contribution is -2.00. The number of halogens is 1. The SMILES string of the molecule is COc1ccc(Br)c(CS(=O)c2ccc(C(=O)O)cc2)c1. The topological polar surface area (TPSA) is 63.6 Å². The zero-order chi connectivity index (χ0) is 15.4. The summed E-state index contributed by atoms with van der Waals surface area (Å²) in [5, 5.41) is 8.85. The molecule has 1 N–H and O–H groups in total. The summed E-state index contributed by atoms with van der Waals surface area (Å²) in [6.07, 6.45) is 0. The van der Waals surface area contributed by atoms with Gasteiger partial charge in [-0.25, -0.2) is 4.79 Å². The molecule has 0 radical (unpaired) electrons. The van der Waals surface area contributed by atoms with Crippen LogP contribution in [-0.4, -0.2) is 22.4 Å². The van der Waals surface area contributed by atoms with Crippen molar-refractivity contribution in [2.75, 3.05) is 7.11 Å². The van der Waals surface area contributed by atoms with E-state index in [0.29, 0.717) is 16.4 Å². The smallest absolute Gasteiger partial charge is 0.335 e.